The van der Waals surface area contributed by atoms with Gasteiger partial charge < -0.3 is 9.88 Å². The normalized spacial score (nSPS) is 12.2. The van der Waals surface area contributed by atoms with E-state index in [2.05, 4.69) is 25.5 Å². The summed E-state index contributed by atoms with van der Waals surface area (Å²) in [6.07, 6.45) is 1.69. The van der Waals surface area contributed by atoms with E-state index in [9.17, 15) is 4.79 Å². The fourth-order valence-electron chi connectivity index (χ4n) is 2.97. The summed E-state index contributed by atoms with van der Waals surface area (Å²) in [5, 5.41) is 9.91. The van der Waals surface area contributed by atoms with E-state index in [0.717, 1.165) is 16.9 Å². The number of fused-ring (bicyclic) bond motifs is 1. The van der Waals surface area contributed by atoms with Crippen LogP contribution in [0, 0.1) is 0 Å². The van der Waals surface area contributed by atoms with Crippen LogP contribution in [0.2, 0.25) is 0 Å². The summed E-state index contributed by atoms with van der Waals surface area (Å²) in [5.74, 6) is 0.559. The Hall–Kier alpha value is -3.48. The van der Waals surface area contributed by atoms with Crippen molar-refractivity contribution in [3.8, 4) is 11.4 Å². The lowest BCUT2D eigenvalue weighted by Crippen LogP contribution is -2.28. The van der Waals surface area contributed by atoms with Crippen LogP contribution in [0.5, 0.6) is 0 Å². The van der Waals surface area contributed by atoms with Gasteiger partial charge in [-0.15, -0.1) is 0 Å². The predicted octanol–water partition coefficient (Wildman–Crippen LogP) is 2.85. The van der Waals surface area contributed by atoms with Crippen molar-refractivity contribution in [1.29, 1.82) is 0 Å². The lowest BCUT2D eigenvalue weighted by Gasteiger charge is -2.13. The highest BCUT2D eigenvalue weighted by Gasteiger charge is 2.19. The van der Waals surface area contributed by atoms with E-state index in [1.165, 1.54) is 0 Å². The third-order valence-electron chi connectivity index (χ3n) is 4.31. The minimum Gasteiger partial charge on any atom is -0.341 e. The van der Waals surface area contributed by atoms with E-state index in [1.807, 2.05) is 61.0 Å². The molecule has 0 spiro atoms. The zero-order valence-corrected chi connectivity index (χ0v) is 14.5. The number of rotatable bonds is 4. The van der Waals surface area contributed by atoms with Crippen molar-refractivity contribution in [2.45, 2.75) is 13.0 Å². The topological polar surface area (TPSA) is 88.5 Å². The van der Waals surface area contributed by atoms with Crippen molar-refractivity contribution < 1.29 is 4.79 Å². The molecule has 1 aromatic carbocycles. The molecule has 4 rings (SSSR count). The van der Waals surface area contributed by atoms with Crippen molar-refractivity contribution in [2.24, 2.45) is 7.05 Å². The monoisotopic (exact) mass is 346 g/mol. The van der Waals surface area contributed by atoms with E-state index in [-0.39, 0.29) is 11.9 Å². The second kappa shape index (κ2) is 6.44. The molecule has 3 heterocycles. The molecule has 0 aliphatic heterocycles. The molecule has 0 aliphatic carbocycles. The van der Waals surface area contributed by atoms with Gasteiger partial charge in [-0.05, 0) is 37.3 Å². The van der Waals surface area contributed by atoms with Gasteiger partial charge in [-0.1, -0.05) is 18.2 Å². The highest BCUT2D eigenvalue weighted by molar-refractivity contribution is 5.93. The number of nitrogens with zero attached hydrogens (tertiary/aromatic N) is 4. The number of carbonyl (C=O) groups excluding carboxylic acids is 1. The van der Waals surface area contributed by atoms with Gasteiger partial charge in [0.25, 0.3) is 5.91 Å². The third-order valence-corrected chi connectivity index (χ3v) is 4.31. The minimum atomic E-state index is -0.249. The molecular formula is C19H18N6O. The van der Waals surface area contributed by atoms with Crippen LogP contribution < -0.4 is 5.32 Å². The number of aryl methyl sites for hydroxylation is 1. The van der Waals surface area contributed by atoms with E-state index in [1.54, 1.807) is 12.3 Å². The maximum atomic E-state index is 12.6. The number of H-pyrrole nitrogens is 1. The van der Waals surface area contributed by atoms with Crippen LogP contribution >= 0.6 is 0 Å². The molecule has 0 aliphatic rings. The Morgan fingerprint density at radius 2 is 1.96 bits per heavy atom. The number of pyridine rings is 1. The van der Waals surface area contributed by atoms with Crippen LogP contribution in [-0.2, 0) is 7.05 Å². The number of amides is 1. The molecule has 130 valence electrons. The number of nitrogens with one attached hydrogen (secondary N) is 2. The van der Waals surface area contributed by atoms with E-state index >= 15 is 0 Å². The Kier molecular flexibility index (Phi) is 3.96. The zero-order chi connectivity index (χ0) is 18.1. The van der Waals surface area contributed by atoms with Crippen LogP contribution in [0.3, 0.4) is 0 Å². The first-order valence-corrected chi connectivity index (χ1v) is 8.32. The molecule has 1 atom stereocenters. The molecule has 26 heavy (non-hydrogen) atoms. The maximum Gasteiger partial charge on any atom is 0.269 e. The molecular weight excluding hydrogens is 328 g/mol. The summed E-state index contributed by atoms with van der Waals surface area (Å²) < 4.78 is 1.99. The number of hydrogen-bond donors (Lipinski definition) is 2. The fraction of sp³-hybridized carbons (Fsp3) is 0.158. The van der Waals surface area contributed by atoms with Crippen molar-refractivity contribution >= 4 is 16.9 Å². The van der Waals surface area contributed by atoms with Crippen LogP contribution in [0.1, 0.15) is 29.3 Å². The number of benzene rings is 1. The number of imidazole rings is 1. The van der Waals surface area contributed by atoms with E-state index < -0.39 is 0 Å². The Morgan fingerprint density at radius 3 is 2.73 bits per heavy atom. The summed E-state index contributed by atoms with van der Waals surface area (Å²) in [6, 6.07) is 14.9. The lowest BCUT2D eigenvalue weighted by atomic mass is 10.2. The van der Waals surface area contributed by atoms with Gasteiger partial charge in [-0.25, -0.2) is 4.98 Å². The van der Waals surface area contributed by atoms with Gasteiger partial charge in [0, 0.05) is 13.2 Å². The molecule has 0 bridgehead atoms. The molecule has 7 nitrogen and oxygen atoms in total. The largest absolute Gasteiger partial charge is 0.341 e. The van der Waals surface area contributed by atoms with Gasteiger partial charge in [-0.3, -0.25) is 14.9 Å². The molecule has 0 radical (unpaired) electrons. The smallest absolute Gasteiger partial charge is 0.269 e. The van der Waals surface area contributed by atoms with Gasteiger partial charge in [0.05, 0.1) is 22.8 Å². The summed E-state index contributed by atoms with van der Waals surface area (Å²) in [7, 11) is 1.95. The van der Waals surface area contributed by atoms with Crippen LogP contribution in [0.15, 0.2) is 54.7 Å². The molecule has 7 heteroatoms. The van der Waals surface area contributed by atoms with E-state index in [4.69, 9.17) is 0 Å². The Bertz CT molecular complexity index is 1070. The third kappa shape index (κ3) is 2.83. The zero-order valence-electron chi connectivity index (χ0n) is 14.5. The summed E-state index contributed by atoms with van der Waals surface area (Å²) in [4.78, 5) is 21.4. The summed E-state index contributed by atoms with van der Waals surface area (Å²) in [5.41, 5.74) is 3.67. The predicted molar refractivity (Wildman–Crippen MR) is 98.4 cm³/mol. The first-order chi connectivity index (χ1) is 12.6. The molecule has 0 unspecified atom stereocenters. The van der Waals surface area contributed by atoms with Gasteiger partial charge >= 0.3 is 0 Å². The van der Waals surface area contributed by atoms with Crippen LogP contribution in [0.4, 0.5) is 0 Å². The molecule has 2 N–H and O–H groups in total. The Balaban J connectivity index is 1.54. The van der Waals surface area contributed by atoms with Crippen molar-refractivity contribution in [2.75, 3.05) is 0 Å². The highest BCUT2D eigenvalue weighted by atomic mass is 16.2. The fourth-order valence-corrected chi connectivity index (χ4v) is 2.97. The summed E-state index contributed by atoms with van der Waals surface area (Å²) in [6.45, 7) is 1.91. The first-order valence-electron chi connectivity index (χ1n) is 8.32. The molecule has 0 fully saturated rings. The van der Waals surface area contributed by atoms with Crippen LogP contribution in [-0.4, -0.2) is 30.6 Å². The molecule has 1 amide bonds. The standard InChI is InChI=1S/C19H18N6O/c1-12(18-22-14-8-3-4-9-17(14)25(18)2)21-19(26)16-11-15(23-24-16)13-7-5-6-10-20-13/h3-12H,1-2H3,(H,21,26)(H,23,24)/t12-/m1/s1. The lowest BCUT2D eigenvalue weighted by molar-refractivity contribution is 0.0933. The first kappa shape index (κ1) is 16.0. The molecule has 0 saturated carbocycles. The number of carbonyl (C=O) groups is 1. The average Bonchev–Trinajstić information content (AvgIpc) is 3.28. The van der Waals surface area contributed by atoms with Crippen molar-refractivity contribution in [3.63, 3.8) is 0 Å². The maximum absolute atomic E-state index is 12.6. The second-order valence-corrected chi connectivity index (χ2v) is 6.09. The molecule has 3 aromatic heterocycles. The average molecular weight is 346 g/mol. The molecule has 0 saturated heterocycles. The number of aromatic nitrogens is 5. The SMILES string of the molecule is C[C@@H](NC(=O)c1cc(-c2ccccn2)n[nH]1)c1nc2ccccc2n1C. The highest BCUT2D eigenvalue weighted by Crippen LogP contribution is 2.20. The molecule has 4 aromatic rings. The van der Waals surface area contributed by atoms with E-state index in [0.29, 0.717) is 17.1 Å². The van der Waals surface area contributed by atoms with Gasteiger partial charge in [0.2, 0.25) is 0 Å². The van der Waals surface area contributed by atoms with Crippen LogP contribution in [0.25, 0.3) is 22.4 Å². The quantitative estimate of drug-likeness (QED) is 0.595. The minimum absolute atomic E-state index is 0.237. The number of aromatic amines is 1. The number of hydrogen-bond acceptors (Lipinski definition) is 4. The Labute approximate surface area is 150 Å². The van der Waals surface area contributed by atoms with Gasteiger partial charge in [0.1, 0.15) is 17.2 Å². The Morgan fingerprint density at radius 1 is 1.15 bits per heavy atom. The van der Waals surface area contributed by atoms with Crippen molar-refractivity contribution in [1.82, 2.24) is 30.0 Å². The van der Waals surface area contributed by atoms with Gasteiger partial charge in [-0.2, -0.15) is 5.10 Å². The second-order valence-electron chi connectivity index (χ2n) is 6.09. The number of para-hydroxylation sites is 2. The van der Waals surface area contributed by atoms with Gasteiger partial charge in [0.15, 0.2) is 0 Å². The summed E-state index contributed by atoms with van der Waals surface area (Å²) >= 11 is 0. The van der Waals surface area contributed by atoms with Crippen molar-refractivity contribution in [3.05, 3.63) is 66.2 Å².